The van der Waals surface area contributed by atoms with Crippen molar-refractivity contribution in [3.63, 3.8) is 0 Å². The highest BCUT2D eigenvalue weighted by atomic mass is 32.1. The summed E-state index contributed by atoms with van der Waals surface area (Å²) in [6, 6.07) is 4.15. The third-order valence-electron chi connectivity index (χ3n) is 2.61. The predicted molar refractivity (Wildman–Crippen MR) is 68.4 cm³/mol. The van der Waals surface area contributed by atoms with Crippen LogP contribution in [0.2, 0.25) is 0 Å². The number of nitrogens with zero attached hydrogens (tertiary/aromatic N) is 2. The van der Waals surface area contributed by atoms with E-state index in [4.69, 9.17) is 4.74 Å². The second kappa shape index (κ2) is 5.75. The molecule has 2 aromatic rings. The molecule has 1 unspecified atom stereocenters. The molecule has 0 saturated carbocycles. The Labute approximate surface area is 105 Å². The van der Waals surface area contributed by atoms with E-state index in [0.29, 0.717) is 5.88 Å². The molecule has 0 fully saturated rings. The number of rotatable bonds is 5. The summed E-state index contributed by atoms with van der Waals surface area (Å²) in [6.07, 6.45) is 4.53. The van der Waals surface area contributed by atoms with Crippen LogP contribution >= 0.6 is 11.3 Å². The second-order valence-corrected chi connectivity index (χ2v) is 4.59. The van der Waals surface area contributed by atoms with Crippen LogP contribution in [-0.4, -0.2) is 24.1 Å². The summed E-state index contributed by atoms with van der Waals surface area (Å²) in [4.78, 5) is 9.56. The van der Waals surface area contributed by atoms with Crippen LogP contribution in [0.15, 0.2) is 30.0 Å². The lowest BCUT2D eigenvalue weighted by Crippen LogP contribution is -2.19. The van der Waals surface area contributed by atoms with Gasteiger partial charge in [-0.15, -0.1) is 11.3 Å². The molecule has 0 bridgehead atoms. The van der Waals surface area contributed by atoms with Gasteiger partial charge in [0, 0.05) is 35.3 Å². The van der Waals surface area contributed by atoms with E-state index >= 15 is 0 Å². The molecule has 0 aliphatic carbocycles. The van der Waals surface area contributed by atoms with E-state index in [1.54, 1.807) is 24.6 Å². The van der Waals surface area contributed by atoms with Crippen LogP contribution in [0.3, 0.4) is 0 Å². The lowest BCUT2D eigenvalue weighted by Gasteiger charge is -2.17. The van der Waals surface area contributed by atoms with Gasteiger partial charge in [-0.25, -0.2) is 4.98 Å². The van der Waals surface area contributed by atoms with Crippen LogP contribution in [-0.2, 0) is 6.42 Å². The highest BCUT2D eigenvalue weighted by molar-refractivity contribution is 7.09. The summed E-state index contributed by atoms with van der Waals surface area (Å²) >= 11 is 1.66. The van der Waals surface area contributed by atoms with E-state index in [2.05, 4.69) is 15.3 Å². The summed E-state index contributed by atoms with van der Waals surface area (Å²) in [7, 11) is 3.59. The van der Waals surface area contributed by atoms with Crippen LogP contribution < -0.4 is 10.1 Å². The summed E-state index contributed by atoms with van der Waals surface area (Å²) in [5.41, 5.74) is 2.92. The van der Waals surface area contributed by atoms with Gasteiger partial charge in [0.15, 0.2) is 0 Å². The Morgan fingerprint density at radius 1 is 1.53 bits per heavy atom. The zero-order chi connectivity index (χ0) is 12.1. The fourth-order valence-corrected chi connectivity index (χ4v) is 2.39. The van der Waals surface area contributed by atoms with Gasteiger partial charge in [-0.3, -0.25) is 4.98 Å². The molecular formula is C12H15N3OS. The fourth-order valence-electron chi connectivity index (χ4n) is 1.75. The molecule has 0 aromatic carbocycles. The van der Waals surface area contributed by atoms with Crippen molar-refractivity contribution in [2.45, 2.75) is 12.5 Å². The molecule has 17 heavy (non-hydrogen) atoms. The number of aromatic nitrogens is 2. The standard InChI is InChI=1S/C12H15N3OS/c1-13-11(6-9-7-14-8-17-9)10-4-3-5-15-12(10)16-2/h3-5,7-8,11,13H,6H2,1-2H3. The molecule has 0 spiro atoms. The number of likely N-dealkylation sites (N-methyl/N-ethyl adjacent to an activating group) is 1. The van der Waals surface area contributed by atoms with Crippen LogP contribution in [0.25, 0.3) is 0 Å². The number of methoxy groups -OCH3 is 1. The Morgan fingerprint density at radius 2 is 2.41 bits per heavy atom. The Bertz CT molecular complexity index is 459. The number of hydrogen-bond acceptors (Lipinski definition) is 5. The van der Waals surface area contributed by atoms with Gasteiger partial charge in [-0.05, 0) is 13.1 Å². The molecule has 5 heteroatoms. The number of thiazole rings is 1. The van der Waals surface area contributed by atoms with Gasteiger partial charge < -0.3 is 10.1 Å². The molecule has 0 saturated heterocycles. The van der Waals surface area contributed by atoms with Crippen molar-refractivity contribution < 1.29 is 4.74 Å². The minimum Gasteiger partial charge on any atom is -0.481 e. The predicted octanol–water partition coefficient (Wildman–Crippen LogP) is 2.05. The smallest absolute Gasteiger partial charge is 0.217 e. The first kappa shape index (κ1) is 12.0. The van der Waals surface area contributed by atoms with E-state index in [9.17, 15) is 0 Å². The summed E-state index contributed by atoms with van der Waals surface area (Å²) in [5, 5.41) is 3.29. The number of ether oxygens (including phenoxy) is 1. The van der Waals surface area contributed by atoms with Crippen molar-refractivity contribution in [3.8, 4) is 5.88 Å². The SMILES string of the molecule is CNC(Cc1cncs1)c1cccnc1OC. The maximum absolute atomic E-state index is 5.28. The zero-order valence-electron chi connectivity index (χ0n) is 9.88. The summed E-state index contributed by atoms with van der Waals surface area (Å²) < 4.78 is 5.28. The normalized spacial score (nSPS) is 12.4. The second-order valence-electron chi connectivity index (χ2n) is 3.62. The number of pyridine rings is 1. The molecule has 0 radical (unpaired) electrons. The maximum atomic E-state index is 5.28. The van der Waals surface area contributed by atoms with Crippen LogP contribution in [0, 0.1) is 0 Å². The first-order valence-electron chi connectivity index (χ1n) is 5.38. The van der Waals surface area contributed by atoms with Gasteiger partial charge in [0.2, 0.25) is 5.88 Å². The van der Waals surface area contributed by atoms with Gasteiger partial charge >= 0.3 is 0 Å². The lowest BCUT2D eigenvalue weighted by molar-refractivity contribution is 0.384. The Hall–Kier alpha value is -1.46. The van der Waals surface area contributed by atoms with Crippen molar-refractivity contribution >= 4 is 11.3 Å². The first-order chi connectivity index (χ1) is 8.35. The fraction of sp³-hybridized carbons (Fsp3) is 0.333. The van der Waals surface area contributed by atoms with Crippen molar-refractivity contribution in [2.75, 3.05) is 14.2 Å². The maximum Gasteiger partial charge on any atom is 0.217 e. The van der Waals surface area contributed by atoms with Gasteiger partial charge in [0.05, 0.1) is 12.6 Å². The minimum absolute atomic E-state index is 0.194. The number of nitrogens with one attached hydrogen (secondary N) is 1. The average Bonchev–Trinajstić information content (AvgIpc) is 2.89. The minimum atomic E-state index is 0.194. The third-order valence-corrected chi connectivity index (χ3v) is 3.41. The molecule has 0 amide bonds. The van der Waals surface area contributed by atoms with Gasteiger partial charge in [0.25, 0.3) is 0 Å². The highest BCUT2D eigenvalue weighted by Crippen LogP contribution is 2.26. The molecule has 2 rings (SSSR count). The molecule has 4 nitrogen and oxygen atoms in total. The van der Waals surface area contributed by atoms with Crippen LogP contribution in [0.1, 0.15) is 16.5 Å². The Kier molecular flexibility index (Phi) is 4.06. The monoisotopic (exact) mass is 249 g/mol. The van der Waals surface area contributed by atoms with E-state index in [-0.39, 0.29) is 6.04 Å². The summed E-state index contributed by atoms with van der Waals surface area (Å²) in [6.45, 7) is 0. The van der Waals surface area contributed by atoms with E-state index in [1.165, 1.54) is 4.88 Å². The van der Waals surface area contributed by atoms with Crippen molar-refractivity contribution in [3.05, 3.63) is 40.5 Å². The van der Waals surface area contributed by atoms with Gasteiger partial charge in [-0.1, -0.05) is 6.07 Å². The largest absolute Gasteiger partial charge is 0.481 e. The van der Waals surface area contributed by atoms with E-state index in [0.717, 1.165) is 12.0 Å². The van der Waals surface area contributed by atoms with Crippen molar-refractivity contribution in [2.24, 2.45) is 0 Å². The van der Waals surface area contributed by atoms with Crippen LogP contribution in [0.4, 0.5) is 0 Å². The van der Waals surface area contributed by atoms with Gasteiger partial charge in [0.1, 0.15) is 0 Å². The van der Waals surface area contributed by atoms with E-state index in [1.807, 2.05) is 30.9 Å². The van der Waals surface area contributed by atoms with Gasteiger partial charge in [-0.2, -0.15) is 0 Å². The quantitative estimate of drug-likeness (QED) is 0.881. The highest BCUT2D eigenvalue weighted by Gasteiger charge is 2.16. The zero-order valence-corrected chi connectivity index (χ0v) is 10.7. The molecule has 0 aliphatic rings. The average molecular weight is 249 g/mol. The molecule has 0 aliphatic heterocycles. The lowest BCUT2D eigenvalue weighted by atomic mass is 10.0. The molecule has 2 aromatic heterocycles. The molecule has 90 valence electrons. The Balaban J connectivity index is 2.22. The molecule has 1 atom stereocenters. The molecule has 1 N–H and O–H groups in total. The summed E-state index contributed by atoms with van der Waals surface area (Å²) in [5.74, 6) is 0.677. The van der Waals surface area contributed by atoms with Crippen LogP contribution in [0.5, 0.6) is 5.88 Å². The first-order valence-corrected chi connectivity index (χ1v) is 6.26. The molecular weight excluding hydrogens is 234 g/mol. The van der Waals surface area contributed by atoms with Crippen molar-refractivity contribution in [1.82, 2.24) is 15.3 Å². The third kappa shape index (κ3) is 2.81. The molecule has 2 heterocycles. The Morgan fingerprint density at radius 3 is 3.06 bits per heavy atom. The topological polar surface area (TPSA) is 47.0 Å². The number of hydrogen-bond donors (Lipinski definition) is 1. The van der Waals surface area contributed by atoms with Crippen molar-refractivity contribution in [1.29, 1.82) is 0 Å². The van der Waals surface area contributed by atoms with E-state index < -0.39 is 0 Å².